The molecule has 1 aliphatic rings. The summed E-state index contributed by atoms with van der Waals surface area (Å²) in [7, 11) is 0. The van der Waals surface area contributed by atoms with Crippen molar-refractivity contribution in [2.75, 3.05) is 13.1 Å². The van der Waals surface area contributed by atoms with Gasteiger partial charge in [0, 0.05) is 24.0 Å². The van der Waals surface area contributed by atoms with Crippen LogP contribution in [-0.2, 0) is 17.8 Å². The molecular weight excluding hydrogens is 407 g/mol. The van der Waals surface area contributed by atoms with Crippen LogP contribution < -0.4 is 5.69 Å². The molecular formula is C22H22ClFN4O2. The van der Waals surface area contributed by atoms with Gasteiger partial charge in [0.25, 0.3) is 0 Å². The van der Waals surface area contributed by atoms with Gasteiger partial charge in [-0.3, -0.25) is 9.36 Å². The Morgan fingerprint density at radius 3 is 2.53 bits per heavy atom. The zero-order chi connectivity index (χ0) is 21.1. The number of aromatic amines is 1. The first-order chi connectivity index (χ1) is 14.5. The summed E-state index contributed by atoms with van der Waals surface area (Å²) in [5.74, 6) is 0.496. The van der Waals surface area contributed by atoms with Crippen LogP contribution in [0.1, 0.15) is 35.7 Å². The largest absolute Gasteiger partial charge is 0.343 e. The van der Waals surface area contributed by atoms with Gasteiger partial charge in [-0.25, -0.2) is 14.3 Å². The summed E-state index contributed by atoms with van der Waals surface area (Å²) < 4.78 is 14.7. The van der Waals surface area contributed by atoms with E-state index in [9.17, 15) is 14.0 Å². The molecule has 0 atom stereocenters. The lowest BCUT2D eigenvalue weighted by molar-refractivity contribution is -0.131. The fourth-order valence-electron chi connectivity index (χ4n) is 3.87. The average Bonchev–Trinajstić information content (AvgIpc) is 3.11. The van der Waals surface area contributed by atoms with Crippen molar-refractivity contribution in [1.82, 2.24) is 19.7 Å². The Balaban J connectivity index is 1.41. The molecule has 2 aromatic carbocycles. The average molecular weight is 429 g/mol. The van der Waals surface area contributed by atoms with Crippen molar-refractivity contribution in [3.05, 3.63) is 86.8 Å². The van der Waals surface area contributed by atoms with Crippen molar-refractivity contribution in [3.63, 3.8) is 0 Å². The lowest BCUT2D eigenvalue weighted by Crippen LogP contribution is -2.39. The molecule has 1 saturated heterocycles. The van der Waals surface area contributed by atoms with Gasteiger partial charge >= 0.3 is 5.69 Å². The number of H-pyrrole nitrogens is 1. The Labute approximate surface area is 178 Å². The van der Waals surface area contributed by atoms with E-state index in [0.717, 1.165) is 24.0 Å². The highest BCUT2D eigenvalue weighted by molar-refractivity contribution is 6.31. The van der Waals surface area contributed by atoms with Crippen LogP contribution in [0.15, 0.2) is 53.3 Å². The van der Waals surface area contributed by atoms with Gasteiger partial charge in [0.05, 0.1) is 13.0 Å². The number of carbonyl (C=O) groups is 1. The molecule has 4 rings (SSSR count). The fourth-order valence-corrected chi connectivity index (χ4v) is 4.07. The first-order valence-electron chi connectivity index (χ1n) is 9.92. The Kier molecular flexibility index (Phi) is 5.99. The van der Waals surface area contributed by atoms with E-state index in [1.54, 1.807) is 22.8 Å². The Morgan fingerprint density at radius 1 is 1.13 bits per heavy atom. The van der Waals surface area contributed by atoms with Crippen molar-refractivity contribution in [2.45, 2.75) is 31.7 Å². The third-order valence-corrected chi connectivity index (χ3v) is 5.92. The van der Waals surface area contributed by atoms with E-state index in [0.29, 0.717) is 30.5 Å². The minimum atomic E-state index is -0.313. The predicted octanol–water partition coefficient (Wildman–Crippen LogP) is 3.36. The highest BCUT2D eigenvalue weighted by atomic mass is 35.5. The van der Waals surface area contributed by atoms with Gasteiger partial charge in [0.15, 0.2) is 0 Å². The third kappa shape index (κ3) is 4.46. The van der Waals surface area contributed by atoms with E-state index < -0.39 is 0 Å². The minimum absolute atomic E-state index is 0.0484. The van der Waals surface area contributed by atoms with Gasteiger partial charge < -0.3 is 4.90 Å². The van der Waals surface area contributed by atoms with Crippen molar-refractivity contribution in [1.29, 1.82) is 0 Å². The number of hydrogen-bond donors (Lipinski definition) is 1. The van der Waals surface area contributed by atoms with Gasteiger partial charge in [-0.15, -0.1) is 0 Å². The molecule has 1 amide bonds. The molecule has 1 aromatic heterocycles. The van der Waals surface area contributed by atoms with Crippen molar-refractivity contribution in [2.24, 2.45) is 0 Å². The number of likely N-dealkylation sites (tertiary alicyclic amines) is 1. The van der Waals surface area contributed by atoms with Crippen molar-refractivity contribution >= 4 is 17.5 Å². The fraction of sp³-hybridized carbons (Fsp3) is 0.318. The molecule has 0 aliphatic carbocycles. The summed E-state index contributed by atoms with van der Waals surface area (Å²) in [6, 6.07) is 13.4. The molecule has 3 aromatic rings. The van der Waals surface area contributed by atoms with Crippen LogP contribution in [0.2, 0.25) is 5.02 Å². The second-order valence-corrected chi connectivity index (χ2v) is 7.93. The van der Waals surface area contributed by atoms with E-state index in [-0.39, 0.29) is 29.8 Å². The van der Waals surface area contributed by atoms with E-state index in [1.807, 2.05) is 23.1 Å². The third-order valence-electron chi connectivity index (χ3n) is 5.55. The number of rotatable bonds is 5. The topological polar surface area (TPSA) is 71.0 Å². The maximum Gasteiger partial charge on any atom is 0.343 e. The van der Waals surface area contributed by atoms with Gasteiger partial charge in [0.1, 0.15) is 11.6 Å². The van der Waals surface area contributed by atoms with E-state index in [1.165, 1.54) is 12.1 Å². The first kappa shape index (κ1) is 20.3. The second kappa shape index (κ2) is 8.83. The molecule has 0 bridgehead atoms. The van der Waals surface area contributed by atoms with Crippen LogP contribution in [0, 0.1) is 5.82 Å². The smallest absolute Gasteiger partial charge is 0.342 e. The SMILES string of the molecule is O=C(Cc1ccccc1Cl)N1CCC(c2n[nH]c(=O)n2Cc2ccc(F)cc2)CC1. The summed E-state index contributed by atoms with van der Waals surface area (Å²) in [4.78, 5) is 26.8. The quantitative estimate of drug-likeness (QED) is 0.677. The standard InChI is InChI=1S/C22H22ClFN4O2/c23-19-4-2-1-3-17(19)13-20(29)27-11-9-16(10-12-27)21-25-26-22(30)28(21)14-15-5-7-18(24)8-6-15/h1-8,16H,9-14H2,(H,26,30). The normalized spacial score (nSPS) is 14.8. The molecule has 1 N–H and O–H groups in total. The van der Waals surface area contributed by atoms with Crippen LogP contribution in [0.5, 0.6) is 0 Å². The molecule has 8 heteroatoms. The molecule has 156 valence electrons. The summed E-state index contributed by atoms with van der Waals surface area (Å²) in [5.41, 5.74) is 1.37. The molecule has 0 radical (unpaired) electrons. The number of carbonyl (C=O) groups excluding carboxylic acids is 1. The van der Waals surface area contributed by atoms with Crippen LogP contribution in [0.3, 0.4) is 0 Å². The summed E-state index contributed by atoms with van der Waals surface area (Å²) >= 11 is 6.17. The number of aromatic nitrogens is 3. The maximum atomic E-state index is 13.1. The van der Waals surface area contributed by atoms with E-state index in [2.05, 4.69) is 10.2 Å². The van der Waals surface area contributed by atoms with E-state index in [4.69, 9.17) is 11.6 Å². The van der Waals surface area contributed by atoms with Crippen molar-refractivity contribution in [3.8, 4) is 0 Å². The van der Waals surface area contributed by atoms with Gasteiger partial charge in [-0.2, -0.15) is 5.10 Å². The summed E-state index contributed by atoms with van der Waals surface area (Å²) in [6.45, 7) is 1.54. The number of halogens is 2. The highest BCUT2D eigenvalue weighted by Gasteiger charge is 2.27. The van der Waals surface area contributed by atoms with Gasteiger partial charge in [0.2, 0.25) is 5.91 Å². The highest BCUT2D eigenvalue weighted by Crippen LogP contribution is 2.27. The van der Waals surface area contributed by atoms with Gasteiger partial charge in [-0.1, -0.05) is 41.9 Å². The van der Waals surface area contributed by atoms with Crippen LogP contribution >= 0.6 is 11.6 Å². The number of amides is 1. The number of nitrogens with zero attached hydrogens (tertiary/aromatic N) is 3. The zero-order valence-corrected chi connectivity index (χ0v) is 17.1. The zero-order valence-electron chi connectivity index (χ0n) is 16.4. The van der Waals surface area contributed by atoms with Crippen molar-refractivity contribution < 1.29 is 9.18 Å². The molecule has 0 saturated carbocycles. The molecule has 30 heavy (non-hydrogen) atoms. The Bertz CT molecular complexity index is 1090. The molecule has 1 aliphatic heterocycles. The first-order valence-corrected chi connectivity index (χ1v) is 10.3. The molecule has 0 unspecified atom stereocenters. The number of nitrogens with one attached hydrogen (secondary N) is 1. The minimum Gasteiger partial charge on any atom is -0.342 e. The van der Waals surface area contributed by atoms with E-state index >= 15 is 0 Å². The molecule has 2 heterocycles. The van der Waals surface area contributed by atoms with Crippen LogP contribution in [0.4, 0.5) is 4.39 Å². The molecule has 0 spiro atoms. The molecule has 6 nitrogen and oxygen atoms in total. The Morgan fingerprint density at radius 2 is 1.83 bits per heavy atom. The number of piperidine rings is 1. The number of hydrogen-bond acceptors (Lipinski definition) is 3. The lowest BCUT2D eigenvalue weighted by atomic mass is 9.95. The monoisotopic (exact) mass is 428 g/mol. The second-order valence-electron chi connectivity index (χ2n) is 7.52. The van der Waals surface area contributed by atoms with Gasteiger partial charge in [-0.05, 0) is 42.2 Å². The Hall–Kier alpha value is -2.93. The summed E-state index contributed by atoms with van der Waals surface area (Å²) in [6.07, 6.45) is 1.73. The predicted molar refractivity (Wildman–Crippen MR) is 112 cm³/mol. The van der Waals surface area contributed by atoms with Crippen LogP contribution in [-0.4, -0.2) is 38.7 Å². The maximum absolute atomic E-state index is 13.1. The lowest BCUT2D eigenvalue weighted by Gasteiger charge is -2.31. The van der Waals surface area contributed by atoms with Crippen LogP contribution in [0.25, 0.3) is 0 Å². The summed E-state index contributed by atoms with van der Waals surface area (Å²) in [5, 5.41) is 7.36. The number of benzene rings is 2. The molecule has 1 fully saturated rings.